The number of aromatic nitrogens is 1. The van der Waals surface area contributed by atoms with Gasteiger partial charge in [0, 0.05) is 30.0 Å². The van der Waals surface area contributed by atoms with E-state index in [1.54, 1.807) is 11.3 Å². The first-order chi connectivity index (χ1) is 11.8. The smallest absolute Gasteiger partial charge is 0.227 e. The van der Waals surface area contributed by atoms with Crippen LogP contribution >= 0.6 is 11.3 Å². The molecule has 1 aromatic carbocycles. The average molecular weight is 380 g/mol. The standard InChI is InChI=1S/C17H21N3O3S2/c1-12-18-16(11-24-12)14-5-3-4-6-15(14)19-17(21)13-7-9-20(10-8-13)25(2,22)23/h3-6,11,13H,7-10H2,1-2H3,(H,19,21). The first-order valence-electron chi connectivity index (χ1n) is 8.12. The second kappa shape index (κ2) is 7.23. The van der Waals surface area contributed by atoms with E-state index in [0.29, 0.717) is 25.9 Å². The fourth-order valence-electron chi connectivity index (χ4n) is 2.99. The summed E-state index contributed by atoms with van der Waals surface area (Å²) in [5, 5.41) is 5.95. The molecule has 8 heteroatoms. The third kappa shape index (κ3) is 4.26. The zero-order chi connectivity index (χ0) is 18.0. The van der Waals surface area contributed by atoms with E-state index >= 15 is 0 Å². The van der Waals surface area contributed by atoms with Crippen molar-refractivity contribution in [2.75, 3.05) is 24.7 Å². The van der Waals surface area contributed by atoms with Crippen LogP contribution in [0.2, 0.25) is 0 Å². The summed E-state index contributed by atoms with van der Waals surface area (Å²) < 4.78 is 24.6. The third-order valence-corrected chi connectivity index (χ3v) is 6.45. The van der Waals surface area contributed by atoms with Gasteiger partial charge in [0.05, 0.1) is 22.6 Å². The van der Waals surface area contributed by atoms with Gasteiger partial charge >= 0.3 is 0 Å². The minimum atomic E-state index is -3.18. The molecule has 1 aliphatic heterocycles. The van der Waals surface area contributed by atoms with Gasteiger partial charge in [-0.2, -0.15) is 0 Å². The van der Waals surface area contributed by atoms with Gasteiger partial charge in [-0.05, 0) is 25.8 Å². The van der Waals surface area contributed by atoms with Crippen LogP contribution in [-0.4, -0.2) is 43.0 Å². The van der Waals surface area contributed by atoms with Crippen molar-refractivity contribution in [1.82, 2.24) is 9.29 Å². The topological polar surface area (TPSA) is 79.4 Å². The monoisotopic (exact) mass is 379 g/mol. The van der Waals surface area contributed by atoms with Crippen LogP contribution < -0.4 is 5.32 Å². The number of nitrogens with one attached hydrogen (secondary N) is 1. The van der Waals surface area contributed by atoms with Crippen molar-refractivity contribution in [1.29, 1.82) is 0 Å². The number of aryl methyl sites for hydroxylation is 1. The van der Waals surface area contributed by atoms with Gasteiger partial charge in [-0.3, -0.25) is 4.79 Å². The van der Waals surface area contributed by atoms with Crippen molar-refractivity contribution >= 4 is 33.0 Å². The molecule has 0 radical (unpaired) electrons. The van der Waals surface area contributed by atoms with E-state index in [4.69, 9.17) is 0 Å². The number of piperidine rings is 1. The summed E-state index contributed by atoms with van der Waals surface area (Å²) in [5.41, 5.74) is 2.49. The van der Waals surface area contributed by atoms with Gasteiger partial charge in [-0.1, -0.05) is 18.2 Å². The maximum absolute atomic E-state index is 12.6. The predicted octanol–water partition coefficient (Wildman–Crippen LogP) is 2.73. The van der Waals surface area contributed by atoms with Crippen LogP contribution in [0.15, 0.2) is 29.6 Å². The van der Waals surface area contributed by atoms with Crippen molar-refractivity contribution in [3.63, 3.8) is 0 Å². The number of thiazole rings is 1. The summed E-state index contributed by atoms with van der Waals surface area (Å²) in [5.74, 6) is -0.240. The van der Waals surface area contributed by atoms with Gasteiger partial charge in [0.25, 0.3) is 0 Å². The quantitative estimate of drug-likeness (QED) is 0.886. The highest BCUT2D eigenvalue weighted by Crippen LogP contribution is 2.30. The van der Waals surface area contributed by atoms with E-state index in [0.717, 1.165) is 22.0 Å². The lowest BCUT2D eigenvalue weighted by atomic mass is 9.97. The second-order valence-electron chi connectivity index (χ2n) is 6.22. The highest BCUT2D eigenvalue weighted by molar-refractivity contribution is 7.88. The third-order valence-electron chi connectivity index (χ3n) is 4.37. The maximum atomic E-state index is 12.6. The van der Waals surface area contributed by atoms with Crippen LogP contribution in [0.25, 0.3) is 11.3 Å². The molecule has 0 unspecified atom stereocenters. The second-order valence-corrected chi connectivity index (χ2v) is 9.27. The Morgan fingerprint density at radius 2 is 1.96 bits per heavy atom. The predicted molar refractivity (Wildman–Crippen MR) is 100 cm³/mol. The van der Waals surface area contributed by atoms with Gasteiger partial charge in [0.1, 0.15) is 0 Å². The van der Waals surface area contributed by atoms with E-state index in [2.05, 4.69) is 10.3 Å². The molecule has 1 N–H and O–H groups in total. The first kappa shape index (κ1) is 18.0. The number of benzene rings is 1. The number of carbonyl (C=O) groups is 1. The Balaban J connectivity index is 1.70. The van der Waals surface area contributed by atoms with E-state index in [9.17, 15) is 13.2 Å². The lowest BCUT2D eigenvalue weighted by Crippen LogP contribution is -2.40. The molecule has 3 rings (SSSR count). The number of amides is 1. The van der Waals surface area contributed by atoms with Crippen LogP contribution in [0.3, 0.4) is 0 Å². The molecule has 0 atom stereocenters. The molecule has 1 aromatic heterocycles. The number of para-hydroxylation sites is 1. The van der Waals surface area contributed by atoms with Gasteiger partial charge in [0.2, 0.25) is 15.9 Å². The normalized spacial score (nSPS) is 16.7. The lowest BCUT2D eigenvalue weighted by Gasteiger charge is -2.29. The zero-order valence-electron chi connectivity index (χ0n) is 14.2. The van der Waals surface area contributed by atoms with E-state index in [1.165, 1.54) is 10.6 Å². The summed E-state index contributed by atoms with van der Waals surface area (Å²) in [7, 11) is -3.18. The fourth-order valence-corrected chi connectivity index (χ4v) is 4.47. The number of carbonyl (C=O) groups excluding carboxylic acids is 1. The van der Waals surface area contributed by atoms with Crippen LogP contribution in [0.5, 0.6) is 0 Å². The van der Waals surface area contributed by atoms with Gasteiger partial charge in [-0.15, -0.1) is 11.3 Å². The molecule has 0 saturated carbocycles. The number of sulfonamides is 1. The molecule has 1 amide bonds. The maximum Gasteiger partial charge on any atom is 0.227 e. The van der Waals surface area contributed by atoms with Crippen molar-refractivity contribution < 1.29 is 13.2 Å². The van der Waals surface area contributed by atoms with Crippen LogP contribution in [0.4, 0.5) is 5.69 Å². The molecule has 0 bridgehead atoms. The first-order valence-corrected chi connectivity index (χ1v) is 10.8. The Morgan fingerprint density at radius 1 is 1.28 bits per heavy atom. The number of anilines is 1. The Kier molecular flexibility index (Phi) is 5.21. The van der Waals surface area contributed by atoms with Gasteiger partial charge in [0.15, 0.2) is 0 Å². The van der Waals surface area contributed by atoms with Gasteiger partial charge < -0.3 is 5.32 Å². The van der Waals surface area contributed by atoms with Crippen LogP contribution in [0, 0.1) is 12.8 Å². The zero-order valence-corrected chi connectivity index (χ0v) is 15.9. The molecule has 2 aromatic rings. The van der Waals surface area contributed by atoms with Crippen molar-refractivity contribution in [2.24, 2.45) is 5.92 Å². The Bertz CT molecular complexity index is 869. The number of nitrogens with zero attached hydrogens (tertiary/aromatic N) is 2. The molecule has 25 heavy (non-hydrogen) atoms. The molecule has 0 spiro atoms. The van der Waals surface area contributed by atoms with Crippen molar-refractivity contribution in [3.05, 3.63) is 34.7 Å². The number of rotatable bonds is 4. The molecular weight excluding hydrogens is 358 g/mol. The molecule has 0 aliphatic carbocycles. The van der Waals surface area contributed by atoms with Crippen molar-refractivity contribution in [3.8, 4) is 11.3 Å². The highest BCUT2D eigenvalue weighted by atomic mass is 32.2. The summed E-state index contributed by atoms with van der Waals surface area (Å²) >= 11 is 1.57. The highest BCUT2D eigenvalue weighted by Gasteiger charge is 2.29. The average Bonchev–Trinajstić information content (AvgIpc) is 3.01. The van der Waals surface area contributed by atoms with Crippen LogP contribution in [-0.2, 0) is 14.8 Å². The summed E-state index contributed by atoms with van der Waals surface area (Å²) in [6.45, 7) is 2.73. The number of hydrogen-bond acceptors (Lipinski definition) is 5. The summed E-state index contributed by atoms with van der Waals surface area (Å²) in [4.78, 5) is 17.1. The van der Waals surface area contributed by atoms with E-state index in [-0.39, 0.29) is 11.8 Å². The summed E-state index contributed by atoms with van der Waals surface area (Å²) in [6.07, 6.45) is 2.28. The molecule has 2 heterocycles. The molecule has 1 aliphatic rings. The minimum absolute atomic E-state index is 0.0625. The van der Waals surface area contributed by atoms with E-state index < -0.39 is 10.0 Å². The minimum Gasteiger partial charge on any atom is -0.325 e. The fraction of sp³-hybridized carbons (Fsp3) is 0.412. The lowest BCUT2D eigenvalue weighted by molar-refractivity contribution is -0.120. The summed E-state index contributed by atoms with van der Waals surface area (Å²) in [6, 6.07) is 7.61. The molecular formula is C17H21N3O3S2. The molecule has 6 nitrogen and oxygen atoms in total. The van der Waals surface area contributed by atoms with E-state index in [1.807, 2.05) is 36.6 Å². The Morgan fingerprint density at radius 3 is 2.56 bits per heavy atom. The SMILES string of the molecule is Cc1nc(-c2ccccc2NC(=O)C2CCN(S(C)(=O)=O)CC2)cs1. The van der Waals surface area contributed by atoms with Crippen molar-refractivity contribution in [2.45, 2.75) is 19.8 Å². The Hall–Kier alpha value is -1.77. The van der Waals surface area contributed by atoms with Gasteiger partial charge in [-0.25, -0.2) is 17.7 Å². The Labute approximate surface area is 151 Å². The molecule has 1 fully saturated rings. The van der Waals surface area contributed by atoms with Crippen LogP contribution in [0.1, 0.15) is 17.8 Å². The number of hydrogen-bond donors (Lipinski definition) is 1. The molecule has 1 saturated heterocycles. The molecule has 134 valence electrons. The largest absolute Gasteiger partial charge is 0.325 e.